The van der Waals surface area contributed by atoms with Crippen LogP contribution in [0.1, 0.15) is 33.1 Å². The second-order valence-corrected chi connectivity index (χ2v) is 9.72. The van der Waals surface area contributed by atoms with Gasteiger partial charge in [0.15, 0.2) is 5.78 Å². The van der Waals surface area contributed by atoms with E-state index >= 15 is 0 Å². The Balaban J connectivity index is 1.39. The molecular formula is C24H27N7O2. The number of fused-ring (bicyclic) bond motifs is 2. The third kappa shape index (κ3) is 3.55. The first-order chi connectivity index (χ1) is 16.0. The summed E-state index contributed by atoms with van der Waals surface area (Å²) in [6, 6.07) is 3.66. The van der Waals surface area contributed by atoms with Crippen molar-refractivity contribution in [3.05, 3.63) is 31.0 Å². The molecule has 3 aromatic rings. The van der Waals surface area contributed by atoms with E-state index in [-0.39, 0.29) is 11.7 Å². The Bertz CT molecular complexity index is 1220. The summed E-state index contributed by atoms with van der Waals surface area (Å²) in [6.07, 6.45) is 9.92. The molecule has 0 spiro atoms. The van der Waals surface area contributed by atoms with Gasteiger partial charge in [-0.2, -0.15) is 10.4 Å². The number of ketones is 1. The molecule has 0 aromatic carbocycles. The fraction of sp³-hybridized carbons (Fsp3) is 0.500. The second kappa shape index (κ2) is 8.19. The molecule has 9 heteroatoms. The Morgan fingerprint density at radius 3 is 2.76 bits per heavy atom. The molecule has 0 radical (unpaired) electrons. The molecule has 1 saturated heterocycles. The molecule has 4 heterocycles. The highest BCUT2D eigenvalue weighted by molar-refractivity contribution is 5.98. The number of carbonyl (C=O) groups is 2. The minimum absolute atomic E-state index is 0.0223. The average molecular weight is 446 g/mol. The monoisotopic (exact) mass is 445 g/mol. The number of nitrogens with one attached hydrogen (secondary N) is 1. The first-order valence-electron chi connectivity index (χ1n) is 11.4. The zero-order chi connectivity index (χ0) is 23.2. The van der Waals surface area contributed by atoms with Crippen LogP contribution in [-0.4, -0.2) is 60.8 Å². The highest BCUT2D eigenvalue weighted by Crippen LogP contribution is 2.50. The van der Waals surface area contributed by atoms with E-state index in [0.29, 0.717) is 31.3 Å². The highest BCUT2D eigenvalue weighted by Gasteiger charge is 2.52. The first-order valence-corrected chi connectivity index (χ1v) is 11.4. The average Bonchev–Trinajstić information content (AvgIpc) is 3.57. The van der Waals surface area contributed by atoms with Crippen LogP contribution in [0.3, 0.4) is 0 Å². The minimum atomic E-state index is -0.668. The SMILES string of the molecule is CC(C)C(=O)C(C=O)N1C[C@@H]2CC(CC#N)(n3cc(-c4ncnc5[nH]ccc45)cn3)C[C@@H]2C1. The molecule has 1 N–H and O–H groups in total. The molecule has 170 valence electrons. The number of aromatic amines is 1. The van der Waals surface area contributed by atoms with Crippen molar-refractivity contribution in [2.24, 2.45) is 17.8 Å². The van der Waals surface area contributed by atoms with E-state index < -0.39 is 11.6 Å². The van der Waals surface area contributed by atoms with E-state index in [1.807, 2.05) is 41.9 Å². The topological polar surface area (TPSA) is 121 Å². The van der Waals surface area contributed by atoms with E-state index in [0.717, 1.165) is 41.4 Å². The van der Waals surface area contributed by atoms with Crippen molar-refractivity contribution in [3.63, 3.8) is 0 Å². The minimum Gasteiger partial charge on any atom is -0.346 e. The summed E-state index contributed by atoms with van der Waals surface area (Å²) in [5.74, 6) is 0.452. The molecule has 2 fully saturated rings. The third-order valence-electron chi connectivity index (χ3n) is 7.38. The Morgan fingerprint density at radius 2 is 2.09 bits per heavy atom. The van der Waals surface area contributed by atoms with Gasteiger partial charge in [0, 0.05) is 42.4 Å². The summed E-state index contributed by atoms with van der Waals surface area (Å²) in [5.41, 5.74) is 2.08. The van der Waals surface area contributed by atoms with E-state index in [1.165, 1.54) is 6.33 Å². The smallest absolute Gasteiger partial charge is 0.159 e. The molecule has 1 saturated carbocycles. The Kier molecular flexibility index (Phi) is 5.33. The van der Waals surface area contributed by atoms with Crippen molar-refractivity contribution in [1.29, 1.82) is 5.26 Å². The lowest BCUT2D eigenvalue weighted by Crippen LogP contribution is -2.44. The first kappa shape index (κ1) is 21.5. The van der Waals surface area contributed by atoms with Gasteiger partial charge in [-0.25, -0.2) is 9.97 Å². The van der Waals surface area contributed by atoms with E-state index in [9.17, 15) is 14.9 Å². The molecular weight excluding hydrogens is 418 g/mol. The Morgan fingerprint density at radius 1 is 1.33 bits per heavy atom. The van der Waals surface area contributed by atoms with Crippen molar-refractivity contribution >= 4 is 23.1 Å². The van der Waals surface area contributed by atoms with Crippen molar-refractivity contribution < 1.29 is 9.59 Å². The number of aldehydes is 1. The number of hydrogen-bond acceptors (Lipinski definition) is 7. The summed E-state index contributed by atoms with van der Waals surface area (Å²) >= 11 is 0. The summed E-state index contributed by atoms with van der Waals surface area (Å²) in [6.45, 7) is 5.07. The van der Waals surface area contributed by atoms with Crippen LogP contribution in [0.15, 0.2) is 31.0 Å². The van der Waals surface area contributed by atoms with Crippen molar-refractivity contribution in [2.45, 2.75) is 44.7 Å². The number of Topliss-reactive ketones (excluding diaryl/α,β-unsaturated/α-hetero) is 1. The summed E-state index contributed by atoms with van der Waals surface area (Å²) in [7, 11) is 0. The summed E-state index contributed by atoms with van der Waals surface area (Å²) in [5, 5.41) is 15.3. The molecule has 4 atom stereocenters. The largest absolute Gasteiger partial charge is 0.346 e. The van der Waals surface area contributed by atoms with Crippen LogP contribution in [0.2, 0.25) is 0 Å². The number of nitriles is 1. The Hall–Kier alpha value is -3.38. The van der Waals surface area contributed by atoms with Crippen LogP contribution in [-0.2, 0) is 15.1 Å². The lowest BCUT2D eigenvalue weighted by molar-refractivity contribution is -0.131. The quantitative estimate of drug-likeness (QED) is 0.438. The van der Waals surface area contributed by atoms with Crippen molar-refractivity contribution in [2.75, 3.05) is 13.1 Å². The zero-order valence-electron chi connectivity index (χ0n) is 18.8. The molecule has 33 heavy (non-hydrogen) atoms. The van der Waals surface area contributed by atoms with Gasteiger partial charge in [-0.3, -0.25) is 14.4 Å². The molecule has 0 amide bonds. The molecule has 0 bridgehead atoms. The summed E-state index contributed by atoms with van der Waals surface area (Å²) in [4.78, 5) is 38.0. The van der Waals surface area contributed by atoms with E-state index in [2.05, 4.69) is 26.1 Å². The number of rotatable bonds is 7. The number of likely N-dealkylation sites (tertiary alicyclic amines) is 1. The maximum absolute atomic E-state index is 12.5. The van der Waals surface area contributed by atoms with Gasteiger partial charge < -0.3 is 9.78 Å². The van der Waals surface area contributed by atoms with E-state index in [1.54, 1.807) is 6.20 Å². The fourth-order valence-corrected chi connectivity index (χ4v) is 5.77. The van der Waals surface area contributed by atoms with Gasteiger partial charge in [0.05, 0.1) is 29.9 Å². The summed E-state index contributed by atoms with van der Waals surface area (Å²) < 4.78 is 1.95. The van der Waals surface area contributed by atoms with Crippen LogP contribution in [0, 0.1) is 29.1 Å². The van der Waals surface area contributed by atoms with E-state index in [4.69, 9.17) is 0 Å². The third-order valence-corrected chi connectivity index (χ3v) is 7.38. The van der Waals surface area contributed by atoms with Gasteiger partial charge in [0.1, 0.15) is 24.3 Å². The second-order valence-electron chi connectivity index (χ2n) is 9.72. The van der Waals surface area contributed by atoms with Gasteiger partial charge >= 0.3 is 0 Å². The standard InChI is InChI=1S/C24H27N7O2/c1-15(2)22(33)20(13-32)30-10-16-7-24(4-5-25,8-17(16)11-30)31-12-18(9-29-31)21-19-3-6-26-23(19)28-14-27-21/h3,6,9,12-17,20H,4,7-8,10-11H2,1-2H3,(H,26,27,28)/t16-,17+,20?,24?. The molecule has 2 aliphatic rings. The number of carbonyl (C=O) groups excluding carboxylic acids is 2. The maximum Gasteiger partial charge on any atom is 0.159 e. The van der Waals surface area contributed by atoms with Crippen LogP contribution < -0.4 is 0 Å². The van der Waals surface area contributed by atoms with Gasteiger partial charge in [-0.05, 0) is 30.7 Å². The predicted molar refractivity (Wildman–Crippen MR) is 121 cm³/mol. The lowest BCUT2D eigenvalue weighted by atomic mass is 9.91. The molecule has 5 rings (SSSR count). The normalized spacial score (nSPS) is 25.9. The van der Waals surface area contributed by atoms with Gasteiger partial charge in [0.2, 0.25) is 0 Å². The molecule has 1 aliphatic carbocycles. The van der Waals surface area contributed by atoms with Crippen molar-refractivity contribution in [3.8, 4) is 17.3 Å². The van der Waals surface area contributed by atoms with Crippen molar-refractivity contribution in [1.82, 2.24) is 29.6 Å². The number of nitrogens with zero attached hydrogens (tertiary/aromatic N) is 6. The number of hydrogen-bond donors (Lipinski definition) is 1. The zero-order valence-corrected chi connectivity index (χ0v) is 18.8. The van der Waals surface area contributed by atoms with Gasteiger partial charge in [-0.1, -0.05) is 13.8 Å². The number of H-pyrrole nitrogens is 1. The predicted octanol–water partition coefficient (Wildman–Crippen LogP) is 2.56. The van der Waals surface area contributed by atoms with Crippen LogP contribution in [0.5, 0.6) is 0 Å². The lowest BCUT2D eigenvalue weighted by Gasteiger charge is -2.31. The molecule has 9 nitrogen and oxygen atoms in total. The molecule has 3 aromatic heterocycles. The van der Waals surface area contributed by atoms with Gasteiger partial charge in [-0.15, -0.1) is 0 Å². The van der Waals surface area contributed by atoms with Crippen LogP contribution >= 0.6 is 0 Å². The highest BCUT2D eigenvalue weighted by atomic mass is 16.1. The number of aromatic nitrogens is 5. The maximum atomic E-state index is 12.5. The van der Waals surface area contributed by atoms with Crippen LogP contribution in [0.25, 0.3) is 22.3 Å². The molecule has 1 aliphatic heterocycles. The van der Waals surface area contributed by atoms with Crippen LogP contribution in [0.4, 0.5) is 0 Å². The Labute approximate surface area is 191 Å². The molecule has 2 unspecified atom stereocenters. The fourth-order valence-electron chi connectivity index (χ4n) is 5.77. The van der Waals surface area contributed by atoms with Gasteiger partial charge in [0.25, 0.3) is 0 Å².